The molecule has 0 radical (unpaired) electrons. The summed E-state index contributed by atoms with van der Waals surface area (Å²) in [4.78, 5) is 12.4. The molecule has 0 saturated carbocycles. The third-order valence-electron chi connectivity index (χ3n) is 2.07. The van der Waals surface area contributed by atoms with Crippen molar-refractivity contribution in [2.75, 3.05) is 14.1 Å². The number of hydrogen-bond acceptors (Lipinski definition) is 3. The smallest absolute Gasteiger partial charge is 0.278 e. The predicted molar refractivity (Wildman–Crippen MR) is 68.3 cm³/mol. The Morgan fingerprint density at radius 3 is 2.56 bits per heavy atom. The minimum atomic E-state index is -0.368. The Labute approximate surface area is 103 Å². The Morgan fingerprint density at radius 2 is 2.06 bits per heavy atom. The van der Waals surface area contributed by atoms with E-state index >= 15 is 0 Å². The van der Waals surface area contributed by atoms with E-state index in [0.717, 1.165) is 10.0 Å². The van der Waals surface area contributed by atoms with Crippen LogP contribution in [0, 0.1) is 17.0 Å². The number of nitrogens with zero attached hydrogens (tertiary/aromatic N) is 2. The second kappa shape index (κ2) is 5.12. The molecule has 0 spiro atoms. The van der Waals surface area contributed by atoms with Crippen LogP contribution in [0.5, 0.6) is 0 Å². The number of hydrogen-bond donors (Lipinski definition) is 0. The summed E-state index contributed by atoms with van der Waals surface area (Å²) in [6.07, 6.45) is 3.54. The summed E-state index contributed by atoms with van der Waals surface area (Å²) in [7, 11) is 3.74. The van der Waals surface area contributed by atoms with Gasteiger partial charge in [0.25, 0.3) is 5.69 Å². The van der Waals surface area contributed by atoms with Crippen LogP contribution in [-0.4, -0.2) is 23.9 Å². The average molecular weight is 285 g/mol. The zero-order valence-corrected chi connectivity index (χ0v) is 11.0. The van der Waals surface area contributed by atoms with E-state index in [-0.39, 0.29) is 10.6 Å². The molecule has 0 unspecified atom stereocenters. The molecule has 0 aliphatic carbocycles. The normalized spacial score (nSPS) is 10.8. The van der Waals surface area contributed by atoms with Gasteiger partial charge in [0.05, 0.1) is 10.5 Å². The maximum absolute atomic E-state index is 10.9. The highest BCUT2D eigenvalue weighted by molar-refractivity contribution is 9.10. The average Bonchev–Trinajstić information content (AvgIpc) is 2.14. The molecule has 1 rings (SSSR count). The number of nitro groups is 1. The molecule has 0 aliphatic heterocycles. The summed E-state index contributed by atoms with van der Waals surface area (Å²) in [6, 6.07) is 3.38. The fourth-order valence-corrected chi connectivity index (χ4v) is 1.89. The van der Waals surface area contributed by atoms with Crippen LogP contribution in [0.15, 0.2) is 22.8 Å². The van der Waals surface area contributed by atoms with E-state index in [0.29, 0.717) is 5.56 Å². The van der Waals surface area contributed by atoms with Gasteiger partial charge >= 0.3 is 0 Å². The minimum absolute atomic E-state index is 0.116. The lowest BCUT2D eigenvalue weighted by molar-refractivity contribution is -0.385. The van der Waals surface area contributed by atoms with Crippen molar-refractivity contribution in [1.82, 2.24) is 4.90 Å². The molecule has 86 valence electrons. The van der Waals surface area contributed by atoms with Gasteiger partial charge in [-0.3, -0.25) is 10.1 Å². The highest BCUT2D eigenvalue weighted by atomic mass is 79.9. The Kier molecular flexibility index (Phi) is 4.06. The van der Waals surface area contributed by atoms with Gasteiger partial charge in [-0.15, -0.1) is 0 Å². The molecule has 4 nitrogen and oxygen atoms in total. The zero-order chi connectivity index (χ0) is 12.3. The van der Waals surface area contributed by atoms with Gasteiger partial charge in [0.1, 0.15) is 0 Å². The third-order valence-corrected chi connectivity index (χ3v) is 2.52. The molecule has 0 bridgehead atoms. The molecule has 0 aliphatic rings. The summed E-state index contributed by atoms with van der Waals surface area (Å²) < 4.78 is 0.721. The standard InChI is InChI=1S/C11H13BrN2O2/c1-8-6-9(12)7-11(14(15)16)10(8)4-5-13(2)3/h4-7H,1-3H3/b5-4+. The van der Waals surface area contributed by atoms with Gasteiger partial charge in [0, 0.05) is 24.6 Å². The van der Waals surface area contributed by atoms with E-state index in [1.807, 2.05) is 32.0 Å². The highest BCUT2D eigenvalue weighted by Crippen LogP contribution is 2.28. The van der Waals surface area contributed by atoms with E-state index in [9.17, 15) is 10.1 Å². The number of benzene rings is 1. The van der Waals surface area contributed by atoms with Crippen molar-refractivity contribution in [2.45, 2.75) is 6.92 Å². The van der Waals surface area contributed by atoms with Crippen molar-refractivity contribution in [1.29, 1.82) is 0 Å². The van der Waals surface area contributed by atoms with Crippen molar-refractivity contribution in [2.24, 2.45) is 0 Å². The van der Waals surface area contributed by atoms with E-state index < -0.39 is 0 Å². The maximum atomic E-state index is 10.9. The Morgan fingerprint density at radius 1 is 1.44 bits per heavy atom. The fourth-order valence-electron chi connectivity index (χ4n) is 1.33. The first-order chi connectivity index (χ1) is 7.41. The lowest BCUT2D eigenvalue weighted by Gasteiger charge is -2.06. The molecule has 1 aromatic carbocycles. The van der Waals surface area contributed by atoms with Crippen LogP contribution in [0.2, 0.25) is 0 Å². The van der Waals surface area contributed by atoms with Crippen LogP contribution in [0.4, 0.5) is 5.69 Å². The summed E-state index contributed by atoms with van der Waals surface area (Å²) in [5.41, 5.74) is 1.63. The molecular formula is C11H13BrN2O2. The molecule has 0 atom stereocenters. The van der Waals surface area contributed by atoms with Gasteiger partial charge in [-0.2, -0.15) is 0 Å². The summed E-state index contributed by atoms with van der Waals surface area (Å²) in [5.74, 6) is 0. The topological polar surface area (TPSA) is 46.4 Å². The Bertz CT molecular complexity index is 442. The van der Waals surface area contributed by atoms with Crippen LogP contribution < -0.4 is 0 Å². The maximum Gasteiger partial charge on any atom is 0.278 e. The van der Waals surface area contributed by atoms with Crippen molar-refractivity contribution < 1.29 is 4.92 Å². The van der Waals surface area contributed by atoms with Gasteiger partial charge in [-0.25, -0.2) is 0 Å². The monoisotopic (exact) mass is 284 g/mol. The van der Waals surface area contributed by atoms with E-state index in [1.165, 1.54) is 6.07 Å². The Balaban J connectivity index is 3.30. The van der Waals surface area contributed by atoms with Crippen LogP contribution in [0.3, 0.4) is 0 Å². The highest BCUT2D eigenvalue weighted by Gasteiger charge is 2.14. The van der Waals surface area contributed by atoms with Gasteiger partial charge in [-0.05, 0) is 30.8 Å². The molecule has 0 saturated heterocycles. The van der Waals surface area contributed by atoms with Crippen molar-refractivity contribution in [3.8, 4) is 0 Å². The first kappa shape index (κ1) is 12.7. The second-order valence-corrected chi connectivity index (χ2v) is 4.61. The molecule has 0 amide bonds. The summed E-state index contributed by atoms with van der Waals surface area (Å²) in [6.45, 7) is 1.85. The van der Waals surface area contributed by atoms with Gasteiger partial charge < -0.3 is 4.90 Å². The van der Waals surface area contributed by atoms with Crippen molar-refractivity contribution in [3.63, 3.8) is 0 Å². The Hall–Kier alpha value is -1.36. The van der Waals surface area contributed by atoms with Gasteiger partial charge in [0.15, 0.2) is 0 Å². The van der Waals surface area contributed by atoms with Crippen LogP contribution in [0.1, 0.15) is 11.1 Å². The van der Waals surface area contributed by atoms with Crippen molar-refractivity contribution >= 4 is 27.7 Å². The number of halogens is 1. The van der Waals surface area contributed by atoms with E-state index in [2.05, 4.69) is 15.9 Å². The molecule has 16 heavy (non-hydrogen) atoms. The SMILES string of the molecule is Cc1cc(Br)cc([N+](=O)[O-])c1/C=C/N(C)C. The zero-order valence-electron chi connectivity index (χ0n) is 9.40. The second-order valence-electron chi connectivity index (χ2n) is 3.69. The predicted octanol–water partition coefficient (Wildman–Crippen LogP) is 3.20. The van der Waals surface area contributed by atoms with Crippen LogP contribution in [-0.2, 0) is 0 Å². The molecule has 0 fully saturated rings. The molecule has 0 heterocycles. The van der Waals surface area contributed by atoms with Gasteiger partial charge in [-0.1, -0.05) is 15.9 Å². The fraction of sp³-hybridized carbons (Fsp3) is 0.273. The number of nitro benzene ring substituents is 1. The summed E-state index contributed by atoms with van der Waals surface area (Å²) >= 11 is 3.26. The molecular weight excluding hydrogens is 272 g/mol. The summed E-state index contributed by atoms with van der Waals surface area (Å²) in [5, 5.41) is 10.9. The molecule has 0 aromatic heterocycles. The molecule has 1 aromatic rings. The minimum Gasteiger partial charge on any atom is -0.383 e. The lowest BCUT2D eigenvalue weighted by atomic mass is 10.1. The quantitative estimate of drug-likeness (QED) is 0.633. The van der Waals surface area contributed by atoms with E-state index in [4.69, 9.17) is 0 Å². The molecule has 0 N–H and O–H groups in total. The van der Waals surface area contributed by atoms with Crippen LogP contribution in [0.25, 0.3) is 6.08 Å². The number of aryl methyl sites for hydroxylation is 1. The lowest BCUT2D eigenvalue weighted by Crippen LogP contribution is -2.01. The van der Waals surface area contributed by atoms with Crippen molar-refractivity contribution in [3.05, 3.63) is 44.0 Å². The van der Waals surface area contributed by atoms with Gasteiger partial charge in [0.2, 0.25) is 0 Å². The van der Waals surface area contributed by atoms with Crippen LogP contribution >= 0.6 is 15.9 Å². The molecule has 5 heteroatoms. The number of rotatable bonds is 3. The first-order valence-corrected chi connectivity index (χ1v) is 5.50. The van der Waals surface area contributed by atoms with E-state index in [1.54, 1.807) is 12.3 Å². The first-order valence-electron chi connectivity index (χ1n) is 4.71. The largest absolute Gasteiger partial charge is 0.383 e. The third kappa shape index (κ3) is 3.06.